The number of nitrogens with one attached hydrogen (secondary N) is 2. The predicted octanol–water partition coefficient (Wildman–Crippen LogP) is 2.08. The molecule has 0 saturated heterocycles. The normalized spacial score (nSPS) is 12.7. The van der Waals surface area contributed by atoms with Gasteiger partial charge < -0.3 is 19.9 Å². The van der Waals surface area contributed by atoms with E-state index in [1.807, 2.05) is 13.8 Å². The van der Waals surface area contributed by atoms with Gasteiger partial charge in [0.1, 0.15) is 17.7 Å². The third-order valence-corrected chi connectivity index (χ3v) is 3.20. The average molecular weight is 349 g/mol. The predicted molar refractivity (Wildman–Crippen MR) is 93.2 cm³/mol. The van der Waals surface area contributed by atoms with Crippen molar-refractivity contribution >= 4 is 5.96 Å². The van der Waals surface area contributed by atoms with Crippen molar-refractivity contribution in [1.82, 2.24) is 20.8 Å². The number of rotatable bonds is 8. The molecule has 0 aliphatic carbocycles. The second kappa shape index (κ2) is 9.61. The Labute approximate surface area is 146 Å². The minimum Gasteiger partial charge on any atom is -0.489 e. The first-order chi connectivity index (χ1) is 12.1. The fraction of sp³-hybridized carbons (Fsp3) is 0.471. The summed E-state index contributed by atoms with van der Waals surface area (Å²) in [5.41, 5.74) is 0. The van der Waals surface area contributed by atoms with E-state index in [2.05, 4.69) is 25.8 Å². The summed E-state index contributed by atoms with van der Waals surface area (Å²) in [5, 5.41) is 10.1. The number of aliphatic imine (C=N–C) groups is 1. The fourth-order valence-electron chi connectivity index (χ4n) is 2.07. The number of guanidine groups is 1. The molecule has 136 valence electrons. The summed E-state index contributed by atoms with van der Waals surface area (Å²) in [6.07, 6.45) is 0.479. The Hall–Kier alpha value is -2.64. The Kier molecular flexibility index (Phi) is 7.18. The van der Waals surface area contributed by atoms with Gasteiger partial charge >= 0.3 is 0 Å². The lowest BCUT2D eigenvalue weighted by Crippen LogP contribution is -2.39. The molecule has 1 aromatic carbocycles. The van der Waals surface area contributed by atoms with Crippen molar-refractivity contribution in [3.63, 3.8) is 0 Å². The van der Waals surface area contributed by atoms with Gasteiger partial charge in [0.05, 0.1) is 6.54 Å². The van der Waals surface area contributed by atoms with Gasteiger partial charge in [0, 0.05) is 19.5 Å². The number of nitrogens with zero attached hydrogens (tertiary/aromatic N) is 3. The number of hydrogen-bond donors (Lipinski definition) is 2. The molecule has 1 atom stereocenters. The number of halogens is 1. The first-order valence-electron chi connectivity index (χ1n) is 8.30. The molecule has 1 unspecified atom stereocenters. The summed E-state index contributed by atoms with van der Waals surface area (Å²) in [7, 11) is 0. The molecule has 7 nitrogen and oxygen atoms in total. The van der Waals surface area contributed by atoms with E-state index < -0.39 is 0 Å². The van der Waals surface area contributed by atoms with Crippen molar-refractivity contribution in [2.75, 3.05) is 19.6 Å². The summed E-state index contributed by atoms with van der Waals surface area (Å²) in [6.45, 7) is 7.54. The van der Waals surface area contributed by atoms with E-state index in [-0.39, 0.29) is 11.9 Å². The second-order valence-corrected chi connectivity index (χ2v) is 5.51. The van der Waals surface area contributed by atoms with Gasteiger partial charge in [-0.2, -0.15) is 4.98 Å². The Morgan fingerprint density at radius 3 is 2.72 bits per heavy atom. The Morgan fingerprint density at radius 2 is 2.08 bits per heavy atom. The van der Waals surface area contributed by atoms with Crippen LogP contribution in [0.15, 0.2) is 33.8 Å². The van der Waals surface area contributed by atoms with Crippen LogP contribution in [-0.4, -0.2) is 41.8 Å². The zero-order chi connectivity index (χ0) is 18.1. The van der Waals surface area contributed by atoms with E-state index in [1.54, 1.807) is 19.1 Å². The summed E-state index contributed by atoms with van der Waals surface area (Å²) < 4.78 is 23.7. The van der Waals surface area contributed by atoms with Crippen LogP contribution in [0.25, 0.3) is 0 Å². The van der Waals surface area contributed by atoms with Crippen LogP contribution >= 0.6 is 0 Å². The van der Waals surface area contributed by atoms with Crippen molar-refractivity contribution < 1.29 is 13.7 Å². The van der Waals surface area contributed by atoms with Gasteiger partial charge in [0.2, 0.25) is 5.89 Å². The monoisotopic (exact) mass is 349 g/mol. The fourth-order valence-corrected chi connectivity index (χ4v) is 2.07. The van der Waals surface area contributed by atoms with Crippen molar-refractivity contribution in [1.29, 1.82) is 0 Å². The number of benzene rings is 1. The highest BCUT2D eigenvalue weighted by Crippen LogP contribution is 2.13. The third kappa shape index (κ3) is 6.78. The summed E-state index contributed by atoms with van der Waals surface area (Å²) in [4.78, 5) is 8.65. The maximum absolute atomic E-state index is 12.9. The molecule has 0 bridgehead atoms. The lowest BCUT2D eigenvalue weighted by atomic mass is 10.3. The zero-order valence-electron chi connectivity index (χ0n) is 14.8. The van der Waals surface area contributed by atoms with Crippen LogP contribution in [0.3, 0.4) is 0 Å². The molecule has 2 rings (SSSR count). The van der Waals surface area contributed by atoms with E-state index in [0.717, 1.165) is 6.54 Å². The second-order valence-electron chi connectivity index (χ2n) is 5.51. The number of aromatic nitrogens is 2. The molecule has 0 radical (unpaired) electrons. The van der Waals surface area contributed by atoms with Crippen molar-refractivity contribution in [2.24, 2.45) is 4.99 Å². The SMILES string of the molecule is CCNC(=NCC(C)Oc1ccc(F)cc1)NCCc1nc(C)no1. The molecule has 1 aromatic heterocycles. The minimum atomic E-state index is -0.284. The maximum atomic E-state index is 12.9. The molecule has 1 heterocycles. The van der Waals surface area contributed by atoms with E-state index in [1.165, 1.54) is 12.1 Å². The molecule has 2 aromatic rings. The van der Waals surface area contributed by atoms with E-state index >= 15 is 0 Å². The molecule has 0 amide bonds. The molecule has 25 heavy (non-hydrogen) atoms. The molecule has 0 fully saturated rings. The van der Waals surface area contributed by atoms with Gasteiger partial charge in [-0.1, -0.05) is 5.16 Å². The van der Waals surface area contributed by atoms with E-state index in [0.29, 0.717) is 42.9 Å². The van der Waals surface area contributed by atoms with Gasteiger partial charge in [-0.15, -0.1) is 0 Å². The van der Waals surface area contributed by atoms with Crippen LogP contribution in [0.4, 0.5) is 4.39 Å². The quantitative estimate of drug-likeness (QED) is 0.561. The topological polar surface area (TPSA) is 84.6 Å². The molecule has 0 spiro atoms. The van der Waals surface area contributed by atoms with Gasteiger partial charge in [-0.3, -0.25) is 0 Å². The summed E-state index contributed by atoms with van der Waals surface area (Å²) >= 11 is 0. The van der Waals surface area contributed by atoms with E-state index in [4.69, 9.17) is 9.26 Å². The van der Waals surface area contributed by atoms with Crippen LogP contribution < -0.4 is 15.4 Å². The zero-order valence-corrected chi connectivity index (χ0v) is 14.8. The molecule has 0 aliphatic rings. The highest BCUT2D eigenvalue weighted by Gasteiger charge is 2.06. The highest BCUT2D eigenvalue weighted by molar-refractivity contribution is 5.79. The standard InChI is InChI=1S/C17H24FN5O2/c1-4-19-17(20-10-9-16-22-13(3)23-25-16)21-11-12(2)24-15-7-5-14(18)6-8-15/h5-8,12H,4,9-11H2,1-3H3,(H2,19,20,21). The number of ether oxygens (including phenoxy) is 1. The summed E-state index contributed by atoms with van der Waals surface area (Å²) in [6, 6.07) is 5.95. The lowest BCUT2D eigenvalue weighted by molar-refractivity contribution is 0.230. The first kappa shape index (κ1) is 18.7. The number of aryl methyl sites for hydroxylation is 1. The largest absolute Gasteiger partial charge is 0.489 e. The van der Waals surface area contributed by atoms with Crippen LogP contribution in [0.1, 0.15) is 25.6 Å². The van der Waals surface area contributed by atoms with Crippen LogP contribution in [-0.2, 0) is 6.42 Å². The van der Waals surface area contributed by atoms with E-state index in [9.17, 15) is 4.39 Å². The smallest absolute Gasteiger partial charge is 0.228 e. The summed E-state index contributed by atoms with van der Waals surface area (Å²) in [5.74, 6) is 2.24. The molecule has 2 N–H and O–H groups in total. The Bertz CT molecular complexity index is 672. The first-order valence-corrected chi connectivity index (χ1v) is 8.30. The molecule has 0 aliphatic heterocycles. The minimum absolute atomic E-state index is 0.139. The molecule has 0 saturated carbocycles. The maximum Gasteiger partial charge on any atom is 0.228 e. The highest BCUT2D eigenvalue weighted by atomic mass is 19.1. The van der Waals surface area contributed by atoms with Gasteiger partial charge in [0.25, 0.3) is 0 Å². The Morgan fingerprint density at radius 1 is 1.32 bits per heavy atom. The van der Waals surface area contributed by atoms with Crippen LogP contribution in [0.5, 0.6) is 5.75 Å². The average Bonchev–Trinajstić information content (AvgIpc) is 3.00. The van der Waals surface area contributed by atoms with Gasteiger partial charge in [0.15, 0.2) is 11.8 Å². The third-order valence-electron chi connectivity index (χ3n) is 3.20. The molecular weight excluding hydrogens is 325 g/mol. The van der Waals surface area contributed by atoms with Gasteiger partial charge in [-0.05, 0) is 45.0 Å². The van der Waals surface area contributed by atoms with Crippen molar-refractivity contribution in [2.45, 2.75) is 33.3 Å². The van der Waals surface area contributed by atoms with Crippen molar-refractivity contribution in [3.05, 3.63) is 41.8 Å². The van der Waals surface area contributed by atoms with Gasteiger partial charge in [-0.25, -0.2) is 9.38 Å². The molecule has 8 heteroatoms. The van der Waals surface area contributed by atoms with Crippen LogP contribution in [0, 0.1) is 12.7 Å². The lowest BCUT2D eigenvalue weighted by Gasteiger charge is -2.15. The Balaban J connectivity index is 1.79. The van der Waals surface area contributed by atoms with Crippen molar-refractivity contribution in [3.8, 4) is 5.75 Å². The molecular formula is C17H24FN5O2. The number of hydrogen-bond acceptors (Lipinski definition) is 5. The van der Waals surface area contributed by atoms with Crippen LogP contribution in [0.2, 0.25) is 0 Å².